The highest BCUT2D eigenvalue weighted by Gasteiger charge is 2.15. The standard InChI is InChI=1S/C20H20N2O4S/c1-14-5-10-19(12-15(14)2)27(24,25)22-17-8-6-16(7-9-17)20(23)21-13-18-4-3-11-26-18/h3-12,22H,13H2,1-2H3,(H,21,23). The maximum absolute atomic E-state index is 12.5. The van der Waals surface area contributed by atoms with Crippen LogP contribution in [-0.2, 0) is 16.6 Å². The van der Waals surface area contributed by atoms with Crippen molar-refractivity contribution in [2.45, 2.75) is 25.3 Å². The smallest absolute Gasteiger partial charge is 0.261 e. The summed E-state index contributed by atoms with van der Waals surface area (Å²) in [5, 5.41) is 2.74. The minimum atomic E-state index is -3.69. The molecule has 0 unspecified atom stereocenters. The van der Waals surface area contributed by atoms with Crippen molar-refractivity contribution in [2.24, 2.45) is 0 Å². The number of benzene rings is 2. The summed E-state index contributed by atoms with van der Waals surface area (Å²) >= 11 is 0. The molecule has 3 aromatic rings. The molecule has 1 amide bonds. The molecule has 6 nitrogen and oxygen atoms in total. The van der Waals surface area contributed by atoms with Crippen LogP contribution >= 0.6 is 0 Å². The molecule has 7 heteroatoms. The first kappa shape index (κ1) is 18.7. The van der Waals surface area contributed by atoms with Crippen LogP contribution in [0.4, 0.5) is 5.69 Å². The van der Waals surface area contributed by atoms with E-state index in [4.69, 9.17) is 4.42 Å². The van der Waals surface area contributed by atoms with E-state index in [1.54, 1.807) is 54.6 Å². The summed E-state index contributed by atoms with van der Waals surface area (Å²) in [6, 6.07) is 14.7. The Hall–Kier alpha value is -3.06. The first-order valence-electron chi connectivity index (χ1n) is 8.36. The minimum Gasteiger partial charge on any atom is -0.467 e. The highest BCUT2D eigenvalue weighted by molar-refractivity contribution is 7.92. The van der Waals surface area contributed by atoms with Crippen molar-refractivity contribution in [3.63, 3.8) is 0 Å². The highest BCUT2D eigenvalue weighted by Crippen LogP contribution is 2.19. The van der Waals surface area contributed by atoms with E-state index in [-0.39, 0.29) is 17.3 Å². The fraction of sp³-hybridized carbons (Fsp3) is 0.150. The number of rotatable bonds is 6. The van der Waals surface area contributed by atoms with Crippen LogP contribution in [-0.4, -0.2) is 14.3 Å². The maximum atomic E-state index is 12.5. The van der Waals surface area contributed by atoms with E-state index in [1.807, 2.05) is 13.8 Å². The van der Waals surface area contributed by atoms with Gasteiger partial charge in [0, 0.05) is 11.3 Å². The molecular formula is C20H20N2O4S. The molecule has 0 saturated heterocycles. The molecule has 140 valence electrons. The number of hydrogen-bond donors (Lipinski definition) is 2. The Morgan fingerprint density at radius 3 is 2.37 bits per heavy atom. The zero-order valence-electron chi connectivity index (χ0n) is 15.0. The Balaban J connectivity index is 1.67. The normalized spacial score (nSPS) is 11.2. The summed E-state index contributed by atoms with van der Waals surface area (Å²) in [7, 11) is -3.69. The third kappa shape index (κ3) is 4.57. The molecule has 2 N–H and O–H groups in total. The number of nitrogens with one attached hydrogen (secondary N) is 2. The Kier molecular flexibility index (Phi) is 5.32. The average molecular weight is 384 g/mol. The van der Waals surface area contributed by atoms with E-state index >= 15 is 0 Å². The van der Waals surface area contributed by atoms with Crippen molar-refractivity contribution in [2.75, 3.05) is 4.72 Å². The molecule has 2 aromatic carbocycles. The molecule has 0 aliphatic rings. The molecule has 0 aliphatic carbocycles. The third-order valence-electron chi connectivity index (χ3n) is 4.19. The van der Waals surface area contributed by atoms with Crippen LogP contribution in [0.2, 0.25) is 0 Å². The Labute approximate surface area is 158 Å². The quantitative estimate of drug-likeness (QED) is 0.679. The molecule has 1 heterocycles. The Bertz CT molecular complexity index is 1040. The summed E-state index contributed by atoms with van der Waals surface area (Å²) in [6.45, 7) is 4.08. The lowest BCUT2D eigenvalue weighted by molar-refractivity contribution is 0.0948. The fourth-order valence-electron chi connectivity index (χ4n) is 2.47. The summed E-state index contributed by atoms with van der Waals surface area (Å²) in [4.78, 5) is 12.3. The van der Waals surface area contributed by atoms with Crippen molar-refractivity contribution in [1.29, 1.82) is 0 Å². The largest absolute Gasteiger partial charge is 0.467 e. The predicted molar refractivity (Wildman–Crippen MR) is 103 cm³/mol. The van der Waals surface area contributed by atoms with Gasteiger partial charge in [-0.25, -0.2) is 8.42 Å². The van der Waals surface area contributed by atoms with Crippen LogP contribution in [0.1, 0.15) is 27.2 Å². The third-order valence-corrected chi connectivity index (χ3v) is 5.57. The van der Waals surface area contributed by atoms with E-state index in [1.165, 1.54) is 6.26 Å². The lowest BCUT2D eigenvalue weighted by Crippen LogP contribution is -2.22. The van der Waals surface area contributed by atoms with Gasteiger partial charge in [0.05, 0.1) is 17.7 Å². The zero-order valence-corrected chi connectivity index (χ0v) is 15.8. The van der Waals surface area contributed by atoms with Crippen LogP contribution in [0.15, 0.2) is 70.2 Å². The van der Waals surface area contributed by atoms with Crippen LogP contribution in [0.3, 0.4) is 0 Å². The lowest BCUT2D eigenvalue weighted by Gasteiger charge is -2.10. The molecule has 0 saturated carbocycles. The van der Waals surface area contributed by atoms with E-state index in [9.17, 15) is 13.2 Å². The molecule has 0 bridgehead atoms. The van der Waals surface area contributed by atoms with E-state index in [0.717, 1.165) is 11.1 Å². The van der Waals surface area contributed by atoms with Gasteiger partial charge < -0.3 is 9.73 Å². The number of aryl methyl sites for hydroxylation is 2. The van der Waals surface area contributed by atoms with Gasteiger partial charge in [0.25, 0.3) is 15.9 Å². The van der Waals surface area contributed by atoms with E-state index in [2.05, 4.69) is 10.0 Å². The van der Waals surface area contributed by atoms with Gasteiger partial charge in [0.15, 0.2) is 0 Å². The van der Waals surface area contributed by atoms with Crippen LogP contribution in [0, 0.1) is 13.8 Å². The molecule has 0 spiro atoms. The van der Waals surface area contributed by atoms with Crippen molar-refractivity contribution < 1.29 is 17.6 Å². The van der Waals surface area contributed by atoms with Gasteiger partial charge >= 0.3 is 0 Å². The van der Waals surface area contributed by atoms with Gasteiger partial charge in [-0.15, -0.1) is 0 Å². The first-order chi connectivity index (χ1) is 12.8. The number of carbonyl (C=O) groups excluding carboxylic acids is 1. The SMILES string of the molecule is Cc1ccc(S(=O)(=O)Nc2ccc(C(=O)NCc3ccco3)cc2)cc1C. The summed E-state index contributed by atoms with van der Waals surface area (Å²) in [5.74, 6) is 0.385. The lowest BCUT2D eigenvalue weighted by atomic mass is 10.1. The van der Waals surface area contributed by atoms with Gasteiger partial charge in [0.1, 0.15) is 5.76 Å². The van der Waals surface area contributed by atoms with Crippen molar-refractivity contribution in [3.05, 3.63) is 83.3 Å². The van der Waals surface area contributed by atoms with Crippen molar-refractivity contribution in [1.82, 2.24) is 5.32 Å². The number of sulfonamides is 1. The molecular weight excluding hydrogens is 364 g/mol. The highest BCUT2D eigenvalue weighted by atomic mass is 32.2. The fourth-order valence-corrected chi connectivity index (χ4v) is 3.61. The van der Waals surface area contributed by atoms with Crippen molar-refractivity contribution >= 4 is 21.6 Å². The summed E-state index contributed by atoms with van der Waals surface area (Å²) in [5.41, 5.74) is 2.74. The van der Waals surface area contributed by atoms with Crippen LogP contribution in [0.25, 0.3) is 0 Å². The zero-order chi connectivity index (χ0) is 19.4. The molecule has 1 aromatic heterocycles. The van der Waals surface area contributed by atoms with Gasteiger partial charge in [-0.05, 0) is 73.5 Å². The maximum Gasteiger partial charge on any atom is 0.261 e. The van der Waals surface area contributed by atoms with E-state index < -0.39 is 10.0 Å². The second-order valence-corrected chi connectivity index (χ2v) is 7.87. The van der Waals surface area contributed by atoms with Gasteiger partial charge in [-0.3, -0.25) is 9.52 Å². The second-order valence-electron chi connectivity index (χ2n) is 6.19. The summed E-state index contributed by atoms with van der Waals surface area (Å²) < 4.78 is 32.7. The Morgan fingerprint density at radius 2 is 1.74 bits per heavy atom. The minimum absolute atomic E-state index is 0.200. The molecule has 3 rings (SSSR count). The van der Waals surface area contributed by atoms with Crippen LogP contribution < -0.4 is 10.0 Å². The molecule has 27 heavy (non-hydrogen) atoms. The Morgan fingerprint density at radius 1 is 1.00 bits per heavy atom. The predicted octanol–water partition coefficient (Wildman–Crippen LogP) is 3.63. The number of amides is 1. The van der Waals surface area contributed by atoms with E-state index in [0.29, 0.717) is 17.0 Å². The molecule has 0 fully saturated rings. The van der Waals surface area contributed by atoms with Gasteiger partial charge in [-0.2, -0.15) is 0 Å². The number of hydrogen-bond acceptors (Lipinski definition) is 4. The topological polar surface area (TPSA) is 88.4 Å². The number of furan rings is 1. The molecule has 0 aliphatic heterocycles. The van der Waals surface area contributed by atoms with Gasteiger partial charge in [0.2, 0.25) is 0 Å². The molecule has 0 radical (unpaired) electrons. The second kappa shape index (κ2) is 7.67. The summed E-state index contributed by atoms with van der Waals surface area (Å²) in [6.07, 6.45) is 1.54. The molecule has 0 atom stereocenters. The van der Waals surface area contributed by atoms with Crippen LogP contribution in [0.5, 0.6) is 0 Å². The first-order valence-corrected chi connectivity index (χ1v) is 9.84. The van der Waals surface area contributed by atoms with Gasteiger partial charge in [-0.1, -0.05) is 6.07 Å². The number of anilines is 1. The monoisotopic (exact) mass is 384 g/mol. The van der Waals surface area contributed by atoms with Crippen molar-refractivity contribution in [3.8, 4) is 0 Å². The average Bonchev–Trinajstić information content (AvgIpc) is 3.16. The number of carbonyl (C=O) groups is 1.